The summed E-state index contributed by atoms with van der Waals surface area (Å²) in [5.41, 5.74) is -0.568. The number of para-hydroxylation sites is 1. The molecule has 2 aliphatic heterocycles. The summed E-state index contributed by atoms with van der Waals surface area (Å²) in [7, 11) is 0. The third kappa shape index (κ3) is 3.76. The minimum atomic E-state index is -1.11. The van der Waals surface area contributed by atoms with E-state index in [-0.39, 0.29) is 18.4 Å². The number of aliphatic hydroxyl groups is 1. The van der Waals surface area contributed by atoms with Gasteiger partial charge in [-0.3, -0.25) is 9.59 Å². The average molecular weight is 400 g/mol. The lowest BCUT2D eigenvalue weighted by molar-refractivity contribution is -0.187. The van der Waals surface area contributed by atoms with E-state index >= 15 is 0 Å². The second-order valence-corrected chi connectivity index (χ2v) is 8.64. The molecule has 29 heavy (non-hydrogen) atoms. The molecule has 0 radical (unpaired) electrons. The third-order valence-corrected chi connectivity index (χ3v) is 6.32. The quantitative estimate of drug-likeness (QED) is 0.808. The number of hydrogen-bond acceptors (Lipinski definition) is 5. The van der Waals surface area contributed by atoms with Crippen molar-refractivity contribution < 1.29 is 23.8 Å². The Labute approximate surface area is 170 Å². The van der Waals surface area contributed by atoms with Crippen molar-refractivity contribution in [1.29, 1.82) is 0 Å². The molecule has 2 saturated heterocycles. The molecule has 7 heteroatoms. The van der Waals surface area contributed by atoms with Crippen molar-refractivity contribution in [2.24, 2.45) is 0 Å². The van der Waals surface area contributed by atoms with E-state index in [1.54, 1.807) is 19.9 Å². The van der Waals surface area contributed by atoms with Gasteiger partial charge in [0.15, 0.2) is 0 Å². The summed E-state index contributed by atoms with van der Waals surface area (Å²) < 4.78 is 11.9. The van der Waals surface area contributed by atoms with Crippen LogP contribution in [0, 0.1) is 6.92 Å². The van der Waals surface area contributed by atoms with E-state index in [0.29, 0.717) is 43.5 Å². The van der Waals surface area contributed by atoms with Crippen LogP contribution >= 0.6 is 0 Å². The van der Waals surface area contributed by atoms with Crippen molar-refractivity contribution in [3.05, 3.63) is 35.6 Å². The Balaban J connectivity index is 1.46. The van der Waals surface area contributed by atoms with E-state index in [1.807, 2.05) is 30.0 Å². The second-order valence-electron chi connectivity index (χ2n) is 8.64. The first-order valence-corrected chi connectivity index (χ1v) is 10.1. The number of nitrogens with zero attached hydrogens (tertiary/aromatic N) is 1. The van der Waals surface area contributed by atoms with Crippen LogP contribution < -0.4 is 5.32 Å². The highest BCUT2D eigenvalue weighted by atomic mass is 16.5. The van der Waals surface area contributed by atoms with Gasteiger partial charge in [0, 0.05) is 31.8 Å². The summed E-state index contributed by atoms with van der Waals surface area (Å²) in [6.07, 6.45) is 1.80. The lowest BCUT2D eigenvalue weighted by atomic mass is 9.75. The lowest BCUT2D eigenvalue weighted by Crippen LogP contribution is -2.64. The number of likely N-dealkylation sites (tertiary alicyclic amines) is 1. The molecule has 0 saturated carbocycles. The Kier molecular flexibility index (Phi) is 4.91. The summed E-state index contributed by atoms with van der Waals surface area (Å²) in [5.74, 6) is 0.517. The zero-order valence-electron chi connectivity index (χ0n) is 17.2. The smallest absolute Gasteiger partial charge is 0.255 e. The van der Waals surface area contributed by atoms with E-state index < -0.39 is 17.2 Å². The van der Waals surface area contributed by atoms with Gasteiger partial charge in [0.05, 0.1) is 29.4 Å². The van der Waals surface area contributed by atoms with Gasteiger partial charge >= 0.3 is 0 Å². The Morgan fingerprint density at radius 2 is 2.00 bits per heavy atom. The molecule has 1 aromatic carbocycles. The van der Waals surface area contributed by atoms with Gasteiger partial charge in [-0.2, -0.15) is 0 Å². The van der Waals surface area contributed by atoms with Crippen LogP contribution in [0.1, 0.15) is 49.2 Å². The van der Waals surface area contributed by atoms with Crippen LogP contribution in [0.4, 0.5) is 0 Å². The normalized spacial score (nSPS) is 26.6. The first kappa shape index (κ1) is 19.9. The van der Waals surface area contributed by atoms with E-state index in [4.69, 9.17) is 9.15 Å². The van der Waals surface area contributed by atoms with Crippen LogP contribution in [0.15, 0.2) is 28.7 Å². The number of rotatable bonds is 2. The summed E-state index contributed by atoms with van der Waals surface area (Å²) in [4.78, 5) is 26.3. The number of piperidine rings is 1. The van der Waals surface area contributed by atoms with Crippen LogP contribution in [0.2, 0.25) is 0 Å². The molecule has 0 unspecified atom stereocenters. The van der Waals surface area contributed by atoms with Crippen molar-refractivity contribution in [2.45, 2.75) is 57.3 Å². The van der Waals surface area contributed by atoms with Gasteiger partial charge in [-0.05, 0) is 38.8 Å². The lowest BCUT2D eigenvalue weighted by Gasteiger charge is -2.51. The predicted molar refractivity (Wildman–Crippen MR) is 108 cm³/mol. The van der Waals surface area contributed by atoms with Crippen molar-refractivity contribution in [2.75, 3.05) is 19.7 Å². The highest BCUT2D eigenvalue weighted by molar-refractivity contribution is 6.05. The van der Waals surface area contributed by atoms with E-state index in [9.17, 15) is 14.7 Å². The molecule has 7 nitrogen and oxygen atoms in total. The fraction of sp³-hybridized carbons (Fsp3) is 0.545. The van der Waals surface area contributed by atoms with E-state index in [0.717, 1.165) is 11.1 Å². The fourth-order valence-electron chi connectivity index (χ4n) is 4.62. The van der Waals surface area contributed by atoms with Crippen LogP contribution in [0.5, 0.6) is 0 Å². The number of carbonyl (C=O) groups excluding carboxylic acids is 2. The van der Waals surface area contributed by atoms with Gasteiger partial charge in [-0.15, -0.1) is 0 Å². The molecule has 2 amide bonds. The van der Waals surface area contributed by atoms with Crippen molar-refractivity contribution >= 4 is 22.8 Å². The molecule has 1 spiro atoms. The summed E-state index contributed by atoms with van der Waals surface area (Å²) >= 11 is 0. The van der Waals surface area contributed by atoms with E-state index in [1.165, 1.54) is 0 Å². The second kappa shape index (κ2) is 7.15. The molecule has 2 atom stereocenters. The molecule has 0 bridgehead atoms. The molecular weight excluding hydrogens is 372 g/mol. The molecule has 2 aliphatic rings. The molecule has 1 aromatic heterocycles. The molecule has 3 heterocycles. The molecule has 2 aromatic rings. The molecule has 4 rings (SSSR count). The number of hydrogen-bond donors (Lipinski definition) is 2. The molecule has 156 valence electrons. The maximum absolute atomic E-state index is 12.9. The van der Waals surface area contributed by atoms with Crippen LogP contribution in [-0.4, -0.2) is 58.8 Å². The van der Waals surface area contributed by atoms with Crippen molar-refractivity contribution in [3.8, 4) is 0 Å². The summed E-state index contributed by atoms with van der Waals surface area (Å²) in [6, 6.07) is 6.80. The minimum Gasteiger partial charge on any atom is -0.461 e. The van der Waals surface area contributed by atoms with Crippen molar-refractivity contribution in [3.63, 3.8) is 0 Å². The number of aryl methyl sites for hydroxylation is 1. The molecule has 0 aliphatic carbocycles. The SMILES string of the molecule is CC(=O)N1CCC2(CC1)C[C@](C)(O)[C@@H](NC(=O)c1cccc3cc(C)oc13)CO2. The fourth-order valence-corrected chi connectivity index (χ4v) is 4.62. The first-order chi connectivity index (χ1) is 13.7. The Hall–Kier alpha value is -2.38. The monoisotopic (exact) mass is 400 g/mol. The van der Waals surface area contributed by atoms with Gasteiger partial charge in [0.25, 0.3) is 5.91 Å². The maximum Gasteiger partial charge on any atom is 0.255 e. The highest BCUT2D eigenvalue weighted by Gasteiger charge is 2.49. The summed E-state index contributed by atoms with van der Waals surface area (Å²) in [6.45, 7) is 6.65. The topological polar surface area (TPSA) is 92.0 Å². The molecular formula is C22H28N2O5. The number of benzene rings is 1. The number of carbonyl (C=O) groups is 2. The minimum absolute atomic E-state index is 0.0647. The molecule has 2 fully saturated rings. The number of fused-ring (bicyclic) bond motifs is 1. The van der Waals surface area contributed by atoms with Gasteiger partial charge < -0.3 is 24.5 Å². The summed E-state index contributed by atoms with van der Waals surface area (Å²) in [5, 5.41) is 15.0. The van der Waals surface area contributed by atoms with Gasteiger partial charge in [-0.25, -0.2) is 0 Å². The zero-order valence-corrected chi connectivity index (χ0v) is 17.2. The average Bonchev–Trinajstić information content (AvgIpc) is 3.04. The number of amides is 2. The Morgan fingerprint density at radius 3 is 2.66 bits per heavy atom. The zero-order chi connectivity index (χ0) is 20.8. The standard InChI is InChI=1S/C22H28N2O5/c1-14-11-16-5-4-6-17(19(16)29-14)20(26)23-18-12-28-22(13-21(18,3)27)7-9-24(10-8-22)15(2)25/h4-6,11,18,27H,7-10,12-13H2,1-3H3,(H,23,26)/t18-,21-/m0/s1. The maximum atomic E-state index is 12.9. The van der Waals surface area contributed by atoms with Crippen LogP contribution in [0.3, 0.4) is 0 Å². The Morgan fingerprint density at radius 1 is 1.28 bits per heavy atom. The number of furan rings is 1. The Bertz CT molecular complexity index is 940. The third-order valence-electron chi connectivity index (χ3n) is 6.32. The predicted octanol–water partition coefficient (Wildman–Crippen LogP) is 2.39. The first-order valence-electron chi connectivity index (χ1n) is 10.1. The number of ether oxygens (including phenoxy) is 1. The van der Waals surface area contributed by atoms with E-state index in [2.05, 4.69) is 5.32 Å². The van der Waals surface area contributed by atoms with Crippen LogP contribution in [-0.2, 0) is 9.53 Å². The van der Waals surface area contributed by atoms with Crippen molar-refractivity contribution in [1.82, 2.24) is 10.2 Å². The van der Waals surface area contributed by atoms with Crippen LogP contribution in [0.25, 0.3) is 11.0 Å². The molecule has 2 N–H and O–H groups in total. The van der Waals surface area contributed by atoms with Gasteiger partial charge in [0.2, 0.25) is 5.91 Å². The van der Waals surface area contributed by atoms with Gasteiger partial charge in [-0.1, -0.05) is 12.1 Å². The largest absolute Gasteiger partial charge is 0.461 e. The number of nitrogens with one attached hydrogen (secondary N) is 1. The highest BCUT2D eigenvalue weighted by Crippen LogP contribution is 2.39. The van der Waals surface area contributed by atoms with Gasteiger partial charge in [0.1, 0.15) is 11.3 Å².